The number of aryl methyl sites for hydroxylation is 2. The van der Waals surface area contributed by atoms with Gasteiger partial charge in [-0.1, -0.05) is 12.1 Å². The summed E-state index contributed by atoms with van der Waals surface area (Å²) in [7, 11) is -3.95. The zero-order chi connectivity index (χ0) is 23.1. The highest BCUT2D eigenvalue weighted by Crippen LogP contribution is 2.30. The van der Waals surface area contributed by atoms with Crippen molar-refractivity contribution in [1.82, 2.24) is 4.57 Å². The number of aromatic nitrogens is 1. The molecule has 2 aromatic heterocycles. The highest BCUT2D eigenvalue weighted by atomic mass is 32.2. The summed E-state index contributed by atoms with van der Waals surface area (Å²) < 4.78 is 44.9. The van der Waals surface area contributed by atoms with E-state index < -0.39 is 10.1 Å². The number of rotatable bonds is 12. The van der Waals surface area contributed by atoms with Crippen molar-refractivity contribution >= 4 is 21.5 Å². The van der Waals surface area contributed by atoms with Gasteiger partial charge in [-0.05, 0) is 75.6 Å². The summed E-state index contributed by atoms with van der Waals surface area (Å²) in [6.45, 7) is 7.96. The first kappa shape index (κ1) is 24.5. The van der Waals surface area contributed by atoms with Gasteiger partial charge >= 0.3 is 0 Å². The molecule has 32 heavy (non-hydrogen) atoms. The SMILES string of the molecule is CCOC(CCCS(=O)(=O)O)c1ccc(OCCn2c(C)ccc2-c2ccc(C)s2)cc1. The highest BCUT2D eigenvalue weighted by molar-refractivity contribution is 7.85. The van der Waals surface area contributed by atoms with E-state index in [1.165, 1.54) is 21.1 Å². The average molecular weight is 478 g/mol. The molecule has 0 radical (unpaired) electrons. The van der Waals surface area contributed by atoms with Crippen molar-refractivity contribution in [3.8, 4) is 16.3 Å². The van der Waals surface area contributed by atoms with Crippen LogP contribution >= 0.6 is 11.3 Å². The lowest BCUT2D eigenvalue weighted by Gasteiger charge is -2.18. The maximum absolute atomic E-state index is 11.0. The molecule has 0 aliphatic rings. The van der Waals surface area contributed by atoms with Gasteiger partial charge in [0.05, 0.1) is 29.0 Å². The number of hydrogen-bond donors (Lipinski definition) is 1. The van der Waals surface area contributed by atoms with Crippen LogP contribution in [0.15, 0.2) is 48.5 Å². The van der Waals surface area contributed by atoms with E-state index in [1.807, 2.05) is 31.2 Å². The molecule has 0 fully saturated rings. The van der Waals surface area contributed by atoms with Crippen LogP contribution in [0.3, 0.4) is 0 Å². The maximum atomic E-state index is 11.0. The summed E-state index contributed by atoms with van der Waals surface area (Å²) in [6.07, 6.45) is 0.644. The Kier molecular flexibility index (Phi) is 8.53. The number of benzene rings is 1. The second kappa shape index (κ2) is 11.1. The molecule has 1 atom stereocenters. The van der Waals surface area contributed by atoms with Gasteiger partial charge in [-0.25, -0.2) is 0 Å². The molecular weight excluding hydrogens is 446 g/mol. The summed E-state index contributed by atoms with van der Waals surface area (Å²) >= 11 is 1.79. The summed E-state index contributed by atoms with van der Waals surface area (Å²) in [5.74, 6) is 0.518. The Morgan fingerprint density at radius 2 is 1.81 bits per heavy atom. The molecule has 0 saturated carbocycles. The van der Waals surface area contributed by atoms with Gasteiger partial charge in [0.25, 0.3) is 10.1 Å². The van der Waals surface area contributed by atoms with Gasteiger partial charge in [0.1, 0.15) is 12.4 Å². The fourth-order valence-corrected chi connectivity index (χ4v) is 5.12. The van der Waals surface area contributed by atoms with E-state index in [9.17, 15) is 8.42 Å². The quantitative estimate of drug-likeness (QED) is 0.341. The van der Waals surface area contributed by atoms with Crippen LogP contribution in [-0.2, 0) is 21.4 Å². The molecule has 6 nitrogen and oxygen atoms in total. The van der Waals surface area contributed by atoms with Gasteiger partial charge in [0.15, 0.2) is 0 Å². The van der Waals surface area contributed by atoms with Crippen LogP contribution in [0.4, 0.5) is 0 Å². The first-order valence-electron chi connectivity index (χ1n) is 10.8. The van der Waals surface area contributed by atoms with Crippen molar-refractivity contribution < 1.29 is 22.4 Å². The Bertz CT molecular complexity index is 1100. The van der Waals surface area contributed by atoms with E-state index >= 15 is 0 Å². The van der Waals surface area contributed by atoms with E-state index in [-0.39, 0.29) is 11.9 Å². The molecule has 2 heterocycles. The van der Waals surface area contributed by atoms with E-state index in [4.69, 9.17) is 14.0 Å². The third-order valence-electron chi connectivity index (χ3n) is 5.26. The normalized spacial score (nSPS) is 12.8. The molecule has 3 rings (SSSR count). The predicted octanol–water partition coefficient (Wildman–Crippen LogP) is 5.66. The van der Waals surface area contributed by atoms with E-state index in [0.29, 0.717) is 26.1 Å². The Hall–Kier alpha value is -2.13. The Labute approximate surface area is 194 Å². The molecular formula is C24H31NO5S2. The van der Waals surface area contributed by atoms with Crippen molar-refractivity contribution in [2.75, 3.05) is 19.0 Å². The zero-order valence-electron chi connectivity index (χ0n) is 18.8. The second-order valence-electron chi connectivity index (χ2n) is 7.71. The first-order chi connectivity index (χ1) is 15.3. The lowest BCUT2D eigenvalue weighted by Crippen LogP contribution is -2.11. The molecule has 0 aliphatic heterocycles. The number of ether oxygens (including phenoxy) is 2. The van der Waals surface area contributed by atoms with Gasteiger partial charge in [-0.3, -0.25) is 4.55 Å². The Morgan fingerprint density at radius 3 is 2.44 bits per heavy atom. The Balaban J connectivity index is 1.57. The minimum absolute atomic E-state index is 0.213. The largest absolute Gasteiger partial charge is 0.492 e. The monoisotopic (exact) mass is 477 g/mol. The van der Waals surface area contributed by atoms with Gasteiger partial charge in [0.2, 0.25) is 0 Å². The molecule has 1 N–H and O–H groups in total. The van der Waals surface area contributed by atoms with Crippen molar-refractivity contribution in [2.24, 2.45) is 0 Å². The van der Waals surface area contributed by atoms with Crippen LogP contribution in [0.1, 0.15) is 42.0 Å². The molecule has 174 valence electrons. The van der Waals surface area contributed by atoms with Gasteiger partial charge in [-0.15, -0.1) is 11.3 Å². The Morgan fingerprint density at radius 1 is 1.06 bits per heavy atom. The smallest absolute Gasteiger partial charge is 0.264 e. The molecule has 0 bridgehead atoms. The molecule has 0 spiro atoms. The molecule has 8 heteroatoms. The summed E-state index contributed by atoms with van der Waals surface area (Å²) in [6, 6.07) is 16.3. The second-order valence-corrected chi connectivity index (χ2v) is 10.6. The number of nitrogens with zero attached hydrogens (tertiary/aromatic N) is 1. The van der Waals surface area contributed by atoms with Gasteiger partial charge in [-0.2, -0.15) is 8.42 Å². The van der Waals surface area contributed by atoms with Crippen LogP contribution in [0.25, 0.3) is 10.6 Å². The fourth-order valence-electron chi connectivity index (χ4n) is 3.69. The van der Waals surface area contributed by atoms with Crippen molar-refractivity contribution in [1.29, 1.82) is 0 Å². The zero-order valence-corrected chi connectivity index (χ0v) is 20.4. The van der Waals surface area contributed by atoms with Crippen molar-refractivity contribution in [2.45, 2.75) is 46.3 Å². The third kappa shape index (κ3) is 6.93. The molecule has 0 amide bonds. The molecule has 0 saturated heterocycles. The van der Waals surface area contributed by atoms with Crippen LogP contribution in [0.2, 0.25) is 0 Å². The average Bonchev–Trinajstić information content (AvgIpc) is 3.33. The van der Waals surface area contributed by atoms with E-state index in [2.05, 4.69) is 42.7 Å². The highest BCUT2D eigenvalue weighted by Gasteiger charge is 2.14. The standard InChI is InChI=1S/C24H31NO5S2/c1-4-29-23(6-5-17-32(26,27)28)20-9-11-21(12-10-20)30-16-15-25-18(2)7-13-22(25)24-14-8-19(3)31-24/h7-14,23H,4-6,15-17H2,1-3H3,(H,26,27,28). The van der Waals surface area contributed by atoms with Crippen molar-refractivity contribution in [3.63, 3.8) is 0 Å². The lowest BCUT2D eigenvalue weighted by atomic mass is 10.1. The molecule has 3 aromatic rings. The van der Waals surface area contributed by atoms with Crippen LogP contribution in [0.5, 0.6) is 5.75 Å². The lowest BCUT2D eigenvalue weighted by molar-refractivity contribution is 0.0557. The van der Waals surface area contributed by atoms with Gasteiger partial charge < -0.3 is 14.0 Å². The van der Waals surface area contributed by atoms with Crippen LogP contribution in [0, 0.1) is 13.8 Å². The maximum Gasteiger partial charge on any atom is 0.264 e. The predicted molar refractivity (Wildman–Crippen MR) is 129 cm³/mol. The molecule has 0 aliphatic carbocycles. The number of thiophene rings is 1. The van der Waals surface area contributed by atoms with Gasteiger partial charge in [0, 0.05) is 17.2 Å². The van der Waals surface area contributed by atoms with Crippen LogP contribution < -0.4 is 4.74 Å². The van der Waals surface area contributed by atoms with E-state index in [0.717, 1.165) is 17.9 Å². The fraction of sp³-hybridized carbons (Fsp3) is 0.417. The topological polar surface area (TPSA) is 77.8 Å². The summed E-state index contributed by atoms with van der Waals surface area (Å²) in [5.41, 5.74) is 3.38. The first-order valence-corrected chi connectivity index (χ1v) is 13.2. The third-order valence-corrected chi connectivity index (χ3v) is 7.09. The number of hydrogen-bond acceptors (Lipinski definition) is 5. The van der Waals surface area contributed by atoms with E-state index in [1.54, 1.807) is 11.3 Å². The minimum atomic E-state index is -3.95. The minimum Gasteiger partial charge on any atom is -0.492 e. The summed E-state index contributed by atoms with van der Waals surface area (Å²) in [4.78, 5) is 2.56. The summed E-state index contributed by atoms with van der Waals surface area (Å²) in [5, 5.41) is 0. The van der Waals surface area contributed by atoms with Crippen LogP contribution in [-0.4, -0.2) is 36.5 Å². The molecule has 1 unspecified atom stereocenters. The van der Waals surface area contributed by atoms with Crippen molar-refractivity contribution in [3.05, 3.63) is 64.7 Å². The molecule has 1 aromatic carbocycles.